The highest BCUT2D eigenvalue weighted by molar-refractivity contribution is 14.1. The van der Waals surface area contributed by atoms with Crippen molar-refractivity contribution in [3.05, 3.63) is 0 Å². The lowest BCUT2D eigenvalue weighted by Crippen LogP contribution is -2.25. The summed E-state index contributed by atoms with van der Waals surface area (Å²) in [5, 5.41) is 0. The second-order valence-electron chi connectivity index (χ2n) is 3.47. The smallest absolute Gasteiger partial charge is 0.312 e. The molecule has 0 amide bonds. The van der Waals surface area contributed by atoms with Crippen molar-refractivity contribution in [1.82, 2.24) is 0 Å². The largest absolute Gasteiger partial charge is 0.451 e. The second kappa shape index (κ2) is 4.28. The molecule has 2 nitrogen and oxygen atoms in total. The molecule has 0 saturated carbocycles. The van der Waals surface area contributed by atoms with Crippen LogP contribution in [0.15, 0.2) is 0 Å². The summed E-state index contributed by atoms with van der Waals surface area (Å²) in [5.74, 6) is -0.126. The van der Waals surface area contributed by atoms with E-state index < -0.39 is 0 Å². The van der Waals surface area contributed by atoms with E-state index in [4.69, 9.17) is 4.74 Å². The number of carbonyl (C=O) groups is 1. The Bertz CT molecular complexity index is 138. The molecule has 0 bridgehead atoms. The Kier molecular flexibility index (Phi) is 4.36. The average molecular weight is 270 g/mol. The standard InChI is InChI=1S/C8H15IO2/c1-5-6(9)11-7(10)8(2,3)4/h6H,5H2,1-4H3. The van der Waals surface area contributed by atoms with Gasteiger partial charge >= 0.3 is 5.97 Å². The first-order chi connectivity index (χ1) is 4.88. The van der Waals surface area contributed by atoms with Gasteiger partial charge in [-0.2, -0.15) is 0 Å². The summed E-state index contributed by atoms with van der Waals surface area (Å²) in [4.78, 5) is 11.2. The van der Waals surface area contributed by atoms with E-state index >= 15 is 0 Å². The van der Waals surface area contributed by atoms with Crippen LogP contribution in [-0.4, -0.2) is 10.1 Å². The molecule has 3 heteroatoms. The van der Waals surface area contributed by atoms with Crippen LogP contribution >= 0.6 is 22.6 Å². The molecule has 0 N–H and O–H groups in total. The van der Waals surface area contributed by atoms with Gasteiger partial charge in [-0.05, 0) is 49.8 Å². The highest BCUT2D eigenvalue weighted by Crippen LogP contribution is 2.19. The summed E-state index contributed by atoms with van der Waals surface area (Å²) in [6, 6.07) is 0. The molecule has 11 heavy (non-hydrogen) atoms. The number of halogens is 1. The summed E-state index contributed by atoms with van der Waals surface area (Å²) in [5.41, 5.74) is -0.376. The fourth-order valence-electron chi connectivity index (χ4n) is 0.376. The first-order valence-corrected chi connectivity index (χ1v) is 4.97. The van der Waals surface area contributed by atoms with E-state index in [9.17, 15) is 4.79 Å². The fourth-order valence-corrected chi connectivity index (χ4v) is 0.607. The van der Waals surface area contributed by atoms with Gasteiger partial charge in [0.25, 0.3) is 0 Å². The molecule has 0 heterocycles. The monoisotopic (exact) mass is 270 g/mol. The molecule has 0 aliphatic carbocycles. The van der Waals surface area contributed by atoms with Crippen LogP contribution in [0.1, 0.15) is 34.1 Å². The molecule has 0 radical (unpaired) electrons. The molecular formula is C8H15IO2. The molecule has 0 aromatic carbocycles. The average Bonchev–Trinajstić information content (AvgIpc) is 1.85. The van der Waals surface area contributed by atoms with E-state index in [-0.39, 0.29) is 15.5 Å². The van der Waals surface area contributed by atoms with Crippen molar-refractivity contribution in [2.75, 3.05) is 0 Å². The van der Waals surface area contributed by atoms with Gasteiger partial charge in [0.05, 0.1) is 5.41 Å². The van der Waals surface area contributed by atoms with Gasteiger partial charge in [-0.1, -0.05) is 6.92 Å². The van der Waals surface area contributed by atoms with Gasteiger partial charge in [0.15, 0.2) is 4.11 Å². The molecule has 1 atom stereocenters. The maximum Gasteiger partial charge on any atom is 0.312 e. The van der Waals surface area contributed by atoms with Crippen LogP contribution < -0.4 is 0 Å². The van der Waals surface area contributed by atoms with Crippen LogP contribution in [0.2, 0.25) is 0 Å². The van der Waals surface area contributed by atoms with Crippen LogP contribution in [0.3, 0.4) is 0 Å². The molecule has 0 fully saturated rings. The van der Waals surface area contributed by atoms with Gasteiger partial charge in [0.2, 0.25) is 0 Å². The molecule has 0 aromatic rings. The van der Waals surface area contributed by atoms with Crippen LogP contribution in [0.4, 0.5) is 0 Å². The lowest BCUT2D eigenvalue weighted by Gasteiger charge is -2.18. The van der Waals surface area contributed by atoms with Gasteiger partial charge < -0.3 is 4.74 Å². The van der Waals surface area contributed by atoms with Crippen LogP contribution in [0, 0.1) is 5.41 Å². The summed E-state index contributed by atoms with van der Waals surface area (Å²) < 4.78 is 5.12. The molecule has 66 valence electrons. The summed E-state index contributed by atoms with van der Waals surface area (Å²) in [6.07, 6.45) is 0.863. The Morgan fingerprint density at radius 2 is 2.00 bits per heavy atom. The quantitative estimate of drug-likeness (QED) is 0.438. The van der Waals surface area contributed by atoms with Crippen LogP contribution in [0.5, 0.6) is 0 Å². The van der Waals surface area contributed by atoms with E-state index in [0.717, 1.165) is 6.42 Å². The SMILES string of the molecule is CCC(I)OC(=O)C(C)(C)C. The van der Waals surface area contributed by atoms with Crippen molar-refractivity contribution in [1.29, 1.82) is 0 Å². The normalized spacial score (nSPS) is 14.3. The molecule has 0 spiro atoms. The van der Waals surface area contributed by atoms with Crippen molar-refractivity contribution in [2.24, 2.45) is 5.41 Å². The highest BCUT2D eigenvalue weighted by atomic mass is 127. The van der Waals surface area contributed by atoms with Crippen molar-refractivity contribution in [2.45, 2.75) is 38.2 Å². The van der Waals surface area contributed by atoms with E-state index in [1.807, 2.05) is 27.7 Å². The predicted molar refractivity (Wildman–Crippen MR) is 53.6 cm³/mol. The number of hydrogen-bond acceptors (Lipinski definition) is 2. The molecular weight excluding hydrogens is 255 g/mol. The minimum atomic E-state index is -0.376. The van der Waals surface area contributed by atoms with Gasteiger partial charge in [-0.15, -0.1) is 0 Å². The third kappa shape index (κ3) is 4.61. The zero-order valence-electron chi connectivity index (χ0n) is 7.48. The van der Waals surface area contributed by atoms with Crippen LogP contribution in [-0.2, 0) is 9.53 Å². The lowest BCUT2D eigenvalue weighted by atomic mass is 9.97. The Morgan fingerprint density at radius 1 is 1.55 bits per heavy atom. The Morgan fingerprint density at radius 3 is 2.27 bits per heavy atom. The lowest BCUT2D eigenvalue weighted by molar-refractivity contribution is -0.153. The van der Waals surface area contributed by atoms with Crippen molar-refractivity contribution in [3.8, 4) is 0 Å². The zero-order chi connectivity index (χ0) is 9.07. The predicted octanol–water partition coefficient (Wildman–Crippen LogP) is 2.75. The number of alkyl halides is 1. The van der Waals surface area contributed by atoms with E-state index in [0.29, 0.717) is 0 Å². The van der Waals surface area contributed by atoms with E-state index in [2.05, 4.69) is 22.6 Å². The third-order valence-corrected chi connectivity index (χ3v) is 2.30. The zero-order valence-corrected chi connectivity index (χ0v) is 9.64. The molecule has 0 aliphatic heterocycles. The summed E-state index contributed by atoms with van der Waals surface area (Å²) in [7, 11) is 0. The van der Waals surface area contributed by atoms with E-state index in [1.165, 1.54) is 0 Å². The maximum atomic E-state index is 11.2. The van der Waals surface area contributed by atoms with E-state index in [1.54, 1.807) is 0 Å². The first-order valence-electron chi connectivity index (χ1n) is 3.73. The minimum absolute atomic E-state index is 0.0133. The number of rotatable bonds is 2. The van der Waals surface area contributed by atoms with Crippen molar-refractivity contribution >= 4 is 28.6 Å². The number of carbonyl (C=O) groups excluding carboxylic acids is 1. The first kappa shape index (κ1) is 11.2. The fraction of sp³-hybridized carbons (Fsp3) is 0.875. The van der Waals surface area contributed by atoms with Gasteiger partial charge in [-0.25, -0.2) is 0 Å². The molecule has 0 saturated heterocycles. The molecule has 1 unspecified atom stereocenters. The van der Waals surface area contributed by atoms with Gasteiger partial charge in [0, 0.05) is 0 Å². The Hall–Kier alpha value is 0.200. The second-order valence-corrected chi connectivity index (χ2v) is 4.86. The minimum Gasteiger partial charge on any atom is -0.451 e. The molecule has 0 aromatic heterocycles. The third-order valence-electron chi connectivity index (χ3n) is 1.17. The topological polar surface area (TPSA) is 26.3 Å². The van der Waals surface area contributed by atoms with Crippen LogP contribution in [0.25, 0.3) is 0 Å². The molecule has 0 aliphatic rings. The summed E-state index contributed by atoms with van der Waals surface area (Å²) >= 11 is 2.12. The number of ether oxygens (including phenoxy) is 1. The van der Waals surface area contributed by atoms with Crippen molar-refractivity contribution in [3.63, 3.8) is 0 Å². The van der Waals surface area contributed by atoms with Gasteiger partial charge in [-0.3, -0.25) is 4.79 Å². The summed E-state index contributed by atoms with van der Waals surface area (Å²) in [6.45, 7) is 7.56. The number of esters is 1. The Labute approximate surface area is 81.8 Å². The molecule has 0 rings (SSSR count). The Balaban J connectivity index is 3.88. The highest BCUT2D eigenvalue weighted by Gasteiger charge is 2.24. The van der Waals surface area contributed by atoms with Crippen molar-refractivity contribution < 1.29 is 9.53 Å². The number of hydrogen-bond donors (Lipinski definition) is 0. The maximum absolute atomic E-state index is 11.2. The van der Waals surface area contributed by atoms with Gasteiger partial charge in [0.1, 0.15) is 0 Å².